The molecule has 144 valence electrons. The molecule has 0 fully saturated rings. The molecule has 2 aromatic rings. The number of amides is 1. The number of benzene rings is 2. The fourth-order valence-electron chi connectivity index (χ4n) is 3.77. The lowest BCUT2D eigenvalue weighted by Gasteiger charge is -2.23. The molecule has 1 aliphatic carbocycles. The highest BCUT2D eigenvalue weighted by atomic mass is 16.5. The van der Waals surface area contributed by atoms with Crippen molar-refractivity contribution < 1.29 is 24.1 Å². The van der Waals surface area contributed by atoms with E-state index < -0.39 is 0 Å². The number of aryl methyl sites for hydroxylation is 1. The SMILES string of the molecule is COc1cc2c(c(OC)c1OC)-c1ccc(CO)cc1CCC2NC(C)=O. The Labute approximate surface area is 159 Å². The third kappa shape index (κ3) is 3.45. The summed E-state index contributed by atoms with van der Waals surface area (Å²) in [6, 6.07) is 7.62. The minimum atomic E-state index is -0.184. The van der Waals surface area contributed by atoms with Gasteiger partial charge in [0.1, 0.15) is 0 Å². The van der Waals surface area contributed by atoms with Gasteiger partial charge in [-0.25, -0.2) is 0 Å². The van der Waals surface area contributed by atoms with Crippen molar-refractivity contribution in [3.05, 3.63) is 41.0 Å². The van der Waals surface area contributed by atoms with Gasteiger partial charge in [0.25, 0.3) is 0 Å². The van der Waals surface area contributed by atoms with Crippen LogP contribution >= 0.6 is 0 Å². The monoisotopic (exact) mass is 371 g/mol. The minimum Gasteiger partial charge on any atom is -0.493 e. The van der Waals surface area contributed by atoms with Crippen molar-refractivity contribution in [2.75, 3.05) is 21.3 Å². The molecule has 0 aliphatic heterocycles. The van der Waals surface area contributed by atoms with Crippen LogP contribution < -0.4 is 19.5 Å². The maximum Gasteiger partial charge on any atom is 0.217 e. The molecule has 3 rings (SSSR count). The summed E-state index contributed by atoms with van der Waals surface area (Å²) in [7, 11) is 4.75. The van der Waals surface area contributed by atoms with Gasteiger partial charge in [-0.15, -0.1) is 0 Å². The van der Waals surface area contributed by atoms with Crippen LogP contribution in [-0.2, 0) is 17.8 Å². The number of hydrogen-bond donors (Lipinski definition) is 2. The maximum absolute atomic E-state index is 11.8. The van der Waals surface area contributed by atoms with Crippen LogP contribution in [0.5, 0.6) is 17.2 Å². The summed E-state index contributed by atoms with van der Waals surface area (Å²) in [6.45, 7) is 1.50. The van der Waals surface area contributed by atoms with Gasteiger partial charge in [-0.2, -0.15) is 0 Å². The zero-order chi connectivity index (χ0) is 19.6. The molecule has 6 nitrogen and oxygen atoms in total. The molecule has 2 N–H and O–H groups in total. The van der Waals surface area contributed by atoms with Crippen molar-refractivity contribution in [1.82, 2.24) is 5.32 Å². The van der Waals surface area contributed by atoms with Crippen molar-refractivity contribution in [2.45, 2.75) is 32.4 Å². The molecular weight excluding hydrogens is 346 g/mol. The lowest BCUT2D eigenvalue weighted by atomic mass is 9.92. The van der Waals surface area contributed by atoms with Gasteiger partial charge in [0.15, 0.2) is 11.5 Å². The van der Waals surface area contributed by atoms with E-state index in [1.165, 1.54) is 6.92 Å². The van der Waals surface area contributed by atoms with Crippen molar-refractivity contribution in [3.63, 3.8) is 0 Å². The highest BCUT2D eigenvalue weighted by molar-refractivity contribution is 5.84. The summed E-state index contributed by atoms with van der Waals surface area (Å²) >= 11 is 0. The van der Waals surface area contributed by atoms with Crippen LogP contribution in [0.4, 0.5) is 0 Å². The Morgan fingerprint density at radius 1 is 1.15 bits per heavy atom. The number of carbonyl (C=O) groups is 1. The first kappa shape index (κ1) is 19.0. The smallest absolute Gasteiger partial charge is 0.217 e. The fraction of sp³-hybridized carbons (Fsp3) is 0.381. The average molecular weight is 371 g/mol. The fourth-order valence-corrected chi connectivity index (χ4v) is 3.77. The van der Waals surface area contributed by atoms with E-state index in [4.69, 9.17) is 14.2 Å². The largest absolute Gasteiger partial charge is 0.493 e. The van der Waals surface area contributed by atoms with Crippen LogP contribution in [0.15, 0.2) is 24.3 Å². The molecular formula is C21H25NO5. The number of fused-ring (bicyclic) bond motifs is 3. The second-order valence-electron chi connectivity index (χ2n) is 6.55. The van der Waals surface area contributed by atoms with Crippen molar-refractivity contribution in [1.29, 1.82) is 0 Å². The summed E-state index contributed by atoms with van der Waals surface area (Å²) < 4.78 is 16.8. The van der Waals surface area contributed by atoms with Crippen molar-refractivity contribution in [3.8, 4) is 28.4 Å². The molecule has 1 aliphatic rings. The number of aliphatic hydroxyl groups excluding tert-OH is 1. The molecule has 27 heavy (non-hydrogen) atoms. The second-order valence-corrected chi connectivity index (χ2v) is 6.55. The molecule has 0 spiro atoms. The maximum atomic E-state index is 11.8. The first-order valence-corrected chi connectivity index (χ1v) is 8.87. The zero-order valence-electron chi connectivity index (χ0n) is 16.1. The van der Waals surface area contributed by atoms with Gasteiger partial charge in [0.05, 0.1) is 34.0 Å². The van der Waals surface area contributed by atoms with E-state index in [0.29, 0.717) is 17.2 Å². The molecule has 1 atom stereocenters. The highest BCUT2D eigenvalue weighted by Crippen LogP contribution is 2.51. The Morgan fingerprint density at radius 2 is 1.89 bits per heavy atom. The van der Waals surface area contributed by atoms with Gasteiger partial charge in [0, 0.05) is 12.5 Å². The molecule has 0 bridgehead atoms. The van der Waals surface area contributed by atoms with E-state index >= 15 is 0 Å². The first-order chi connectivity index (χ1) is 13.0. The Bertz CT molecular complexity index is 862. The van der Waals surface area contributed by atoms with E-state index in [0.717, 1.165) is 40.7 Å². The number of hydrogen-bond acceptors (Lipinski definition) is 5. The van der Waals surface area contributed by atoms with E-state index in [9.17, 15) is 9.90 Å². The highest BCUT2D eigenvalue weighted by Gasteiger charge is 2.30. The summed E-state index contributed by atoms with van der Waals surface area (Å²) in [5.74, 6) is 1.54. The number of aliphatic hydroxyl groups is 1. The second kappa shape index (κ2) is 7.88. The molecule has 6 heteroatoms. The normalized spacial score (nSPS) is 15.2. The summed E-state index contributed by atoms with van der Waals surface area (Å²) in [5.41, 5.74) is 4.77. The topological polar surface area (TPSA) is 77.0 Å². The molecule has 0 heterocycles. The first-order valence-electron chi connectivity index (χ1n) is 8.87. The van der Waals surface area contributed by atoms with Crippen LogP contribution in [0.25, 0.3) is 11.1 Å². The van der Waals surface area contributed by atoms with E-state index in [1.807, 2.05) is 24.3 Å². The van der Waals surface area contributed by atoms with E-state index in [-0.39, 0.29) is 18.6 Å². The van der Waals surface area contributed by atoms with E-state index in [2.05, 4.69) is 5.32 Å². The van der Waals surface area contributed by atoms with Crippen LogP contribution in [0, 0.1) is 0 Å². The molecule has 0 aromatic heterocycles. The lowest BCUT2D eigenvalue weighted by Crippen LogP contribution is -2.26. The van der Waals surface area contributed by atoms with Crippen molar-refractivity contribution >= 4 is 5.91 Å². The standard InChI is InChI=1S/C21H25NO5/c1-12(24)22-17-8-6-14-9-13(11-23)5-7-15(14)19-16(17)10-18(25-2)20(26-3)21(19)27-4/h5,7,9-10,17,23H,6,8,11H2,1-4H3,(H,22,24). The number of methoxy groups -OCH3 is 3. The number of ether oxygens (including phenoxy) is 3. The lowest BCUT2D eigenvalue weighted by molar-refractivity contribution is -0.119. The van der Waals surface area contributed by atoms with Crippen LogP contribution in [0.3, 0.4) is 0 Å². The summed E-state index contributed by atoms with van der Waals surface area (Å²) in [5, 5.41) is 12.5. The van der Waals surface area contributed by atoms with Gasteiger partial charge in [-0.05, 0) is 41.2 Å². The Kier molecular flexibility index (Phi) is 5.56. The molecule has 1 amide bonds. The quantitative estimate of drug-likeness (QED) is 0.845. The van der Waals surface area contributed by atoms with Crippen LogP contribution in [0.2, 0.25) is 0 Å². The predicted molar refractivity (Wildman–Crippen MR) is 102 cm³/mol. The molecule has 1 unspecified atom stereocenters. The predicted octanol–water partition coefficient (Wildman–Crippen LogP) is 3.00. The van der Waals surface area contributed by atoms with E-state index in [1.54, 1.807) is 21.3 Å². The average Bonchev–Trinajstić information content (AvgIpc) is 2.82. The number of nitrogens with one attached hydrogen (secondary N) is 1. The number of carbonyl (C=O) groups excluding carboxylic acids is 1. The number of rotatable bonds is 5. The van der Waals surface area contributed by atoms with Crippen LogP contribution in [0.1, 0.15) is 36.1 Å². The summed E-state index contributed by atoms with van der Waals surface area (Å²) in [6.07, 6.45) is 1.49. The van der Waals surface area contributed by atoms with Gasteiger partial charge < -0.3 is 24.6 Å². The molecule has 0 saturated carbocycles. The summed E-state index contributed by atoms with van der Waals surface area (Å²) in [4.78, 5) is 11.8. The minimum absolute atomic E-state index is 0.0155. The van der Waals surface area contributed by atoms with Crippen molar-refractivity contribution in [2.24, 2.45) is 0 Å². The van der Waals surface area contributed by atoms with Gasteiger partial charge in [0.2, 0.25) is 11.7 Å². The zero-order valence-corrected chi connectivity index (χ0v) is 16.1. The third-order valence-electron chi connectivity index (χ3n) is 4.94. The Morgan fingerprint density at radius 3 is 2.48 bits per heavy atom. The third-order valence-corrected chi connectivity index (χ3v) is 4.94. The molecule has 0 saturated heterocycles. The molecule has 2 aromatic carbocycles. The molecule has 0 radical (unpaired) electrons. The Hall–Kier alpha value is -2.73. The van der Waals surface area contributed by atoms with Gasteiger partial charge in [-0.3, -0.25) is 4.79 Å². The van der Waals surface area contributed by atoms with Crippen LogP contribution in [-0.4, -0.2) is 32.3 Å². The Balaban J connectivity index is 2.34. The van der Waals surface area contributed by atoms with Gasteiger partial charge >= 0.3 is 0 Å². The van der Waals surface area contributed by atoms with Gasteiger partial charge in [-0.1, -0.05) is 18.2 Å².